The van der Waals surface area contributed by atoms with Crippen LogP contribution in [0.2, 0.25) is 0 Å². The SMILES string of the molecule is C[C@H](C(=O)NCc1ccc(F)cc1)[NH+]1CCN(c2ccc(O)cc2)CC1. The predicted octanol–water partition coefficient (Wildman–Crippen LogP) is 0.941. The lowest BCUT2D eigenvalue weighted by atomic mass is 10.1. The topological polar surface area (TPSA) is 57.0 Å². The third-order valence-corrected chi connectivity index (χ3v) is 5.01. The summed E-state index contributed by atoms with van der Waals surface area (Å²) in [7, 11) is 0. The van der Waals surface area contributed by atoms with Crippen LogP contribution in [0.3, 0.4) is 0 Å². The van der Waals surface area contributed by atoms with E-state index in [0.29, 0.717) is 6.54 Å². The summed E-state index contributed by atoms with van der Waals surface area (Å²) in [5.74, 6) is 0.0104. The third-order valence-electron chi connectivity index (χ3n) is 5.01. The van der Waals surface area contributed by atoms with E-state index in [1.165, 1.54) is 17.0 Å². The second kappa shape index (κ2) is 8.19. The van der Waals surface area contributed by atoms with E-state index in [0.717, 1.165) is 37.4 Å². The fraction of sp³-hybridized carbons (Fsp3) is 0.350. The van der Waals surface area contributed by atoms with Gasteiger partial charge >= 0.3 is 0 Å². The lowest BCUT2D eigenvalue weighted by molar-refractivity contribution is -0.914. The molecule has 0 saturated carbocycles. The number of carbonyl (C=O) groups excluding carboxylic acids is 1. The van der Waals surface area contributed by atoms with E-state index >= 15 is 0 Å². The van der Waals surface area contributed by atoms with Crippen molar-refractivity contribution in [3.05, 3.63) is 59.9 Å². The first-order valence-corrected chi connectivity index (χ1v) is 8.93. The van der Waals surface area contributed by atoms with Crippen LogP contribution >= 0.6 is 0 Å². The lowest BCUT2D eigenvalue weighted by Crippen LogP contribution is -3.19. The average molecular weight is 358 g/mol. The molecule has 1 heterocycles. The molecular weight excluding hydrogens is 333 g/mol. The monoisotopic (exact) mass is 358 g/mol. The van der Waals surface area contributed by atoms with E-state index in [4.69, 9.17) is 0 Å². The number of nitrogens with zero attached hydrogens (tertiary/aromatic N) is 1. The molecule has 1 atom stereocenters. The highest BCUT2D eigenvalue weighted by Crippen LogP contribution is 2.18. The molecule has 6 heteroatoms. The van der Waals surface area contributed by atoms with Gasteiger partial charge in [0.25, 0.3) is 5.91 Å². The summed E-state index contributed by atoms with van der Waals surface area (Å²) in [6, 6.07) is 13.3. The second-order valence-electron chi connectivity index (χ2n) is 6.73. The van der Waals surface area contributed by atoms with Gasteiger partial charge in [-0.25, -0.2) is 4.39 Å². The molecule has 2 aromatic carbocycles. The highest BCUT2D eigenvalue weighted by atomic mass is 19.1. The van der Waals surface area contributed by atoms with E-state index in [2.05, 4.69) is 10.2 Å². The van der Waals surface area contributed by atoms with Crippen LogP contribution in [0.1, 0.15) is 12.5 Å². The maximum atomic E-state index is 12.9. The Hall–Kier alpha value is -2.60. The zero-order valence-corrected chi connectivity index (χ0v) is 14.9. The Balaban J connectivity index is 1.48. The quantitative estimate of drug-likeness (QED) is 0.746. The van der Waals surface area contributed by atoms with Crippen LogP contribution in [0.5, 0.6) is 5.75 Å². The predicted molar refractivity (Wildman–Crippen MR) is 98.7 cm³/mol. The minimum Gasteiger partial charge on any atom is -0.508 e. The van der Waals surface area contributed by atoms with Gasteiger partial charge in [-0.05, 0) is 48.9 Å². The van der Waals surface area contributed by atoms with Crippen LogP contribution in [0.25, 0.3) is 0 Å². The summed E-state index contributed by atoms with van der Waals surface area (Å²) in [6.07, 6.45) is 0. The number of hydrogen-bond donors (Lipinski definition) is 3. The molecule has 1 aliphatic rings. The molecule has 0 spiro atoms. The minimum atomic E-state index is -0.274. The largest absolute Gasteiger partial charge is 0.508 e. The zero-order chi connectivity index (χ0) is 18.5. The molecule has 1 amide bonds. The highest BCUT2D eigenvalue weighted by molar-refractivity contribution is 5.79. The van der Waals surface area contributed by atoms with E-state index in [1.807, 2.05) is 19.1 Å². The molecule has 1 aliphatic heterocycles. The minimum absolute atomic E-state index is 0.0161. The van der Waals surface area contributed by atoms with Gasteiger partial charge in [0.05, 0.1) is 26.2 Å². The van der Waals surface area contributed by atoms with Gasteiger partial charge in [-0.1, -0.05) is 12.1 Å². The normalized spacial score (nSPS) is 16.3. The summed E-state index contributed by atoms with van der Waals surface area (Å²) in [4.78, 5) is 16.0. The number of benzene rings is 2. The molecule has 138 valence electrons. The Morgan fingerprint density at radius 1 is 1.15 bits per heavy atom. The molecule has 0 bridgehead atoms. The Morgan fingerprint density at radius 2 is 1.77 bits per heavy atom. The van der Waals surface area contributed by atoms with E-state index in [1.54, 1.807) is 24.3 Å². The second-order valence-corrected chi connectivity index (χ2v) is 6.73. The van der Waals surface area contributed by atoms with Crippen LogP contribution in [-0.2, 0) is 11.3 Å². The van der Waals surface area contributed by atoms with Crippen LogP contribution in [0.4, 0.5) is 10.1 Å². The molecule has 2 aromatic rings. The fourth-order valence-electron chi connectivity index (χ4n) is 3.28. The van der Waals surface area contributed by atoms with E-state index in [9.17, 15) is 14.3 Å². The van der Waals surface area contributed by atoms with Gasteiger partial charge in [-0.3, -0.25) is 4.79 Å². The molecular formula is C20H25FN3O2+. The Bertz CT molecular complexity index is 726. The Labute approximate surface area is 153 Å². The van der Waals surface area contributed by atoms with Gasteiger partial charge in [0, 0.05) is 12.2 Å². The number of phenols is 1. The number of aromatic hydroxyl groups is 1. The zero-order valence-electron chi connectivity index (χ0n) is 14.9. The number of hydrogen-bond acceptors (Lipinski definition) is 3. The van der Waals surface area contributed by atoms with Crippen LogP contribution in [-0.4, -0.2) is 43.2 Å². The van der Waals surface area contributed by atoms with Crippen molar-refractivity contribution in [2.24, 2.45) is 0 Å². The molecule has 1 fully saturated rings. The molecule has 5 nitrogen and oxygen atoms in total. The van der Waals surface area contributed by atoms with Gasteiger partial charge < -0.3 is 20.2 Å². The maximum Gasteiger partial charge on any atom is 0.278 e. The van der Waals surface area contributed by atoms with Crippen molar-refractivity contribution in [1.82, 2.24) is 5.32 Å². The van der Waals surface area contributed by atoms with Crippen molar-refractivity contribution >= 4 is 11.6 Å². The summed E-state index contributed by atoms with van der Waals surface area (Å²) < 4.78 is 12.9. The van der Waals surface area contributed by atoms with Crippen molar-refractivity contribution in [3.63, 3.8) is 0 Å². The van der Waals surface area contributed by atoms with Crippen molar-refractivity contribution in [2.75, 3.05) is 31.1 Å². The average Bonchev–Trinajstić information content (AvgIpc) is 2.67. The fourth-order valence-corrected chi connectivity index (χ4v) is 3.28. The first kappa shape index (κ1) is 18.2. The Morgan fingerprint density at radius 3 is 2.38 bits per heavy atom. The van der Waals surface area contributed by atoms with Crippen LogP contribution in [0, 0.1) is 5.82 Å². The number of quaternary nitrogens is 1. The van der Waals surface area contributed by atoms with Crippen molar-refractivity contribution in [1.29, 1.82) is 0 Å². The number of carbonyl (C=O) groups is 1. The number of phenolic OH excluding ortho intramolecular Hbond substituents is 1. The number of nitrogens with one attached hydrogen (secondary N) is 2. The van der Waals surface area contributed by atoms with Gasteiger partial charge in [0.1, 0.15) is 11.6 Å². The van der Waals surface area contributed by atoms with Gasteiger partial charge in [-0.2, -0.15) is 0 Å². The molecule has 3 N–H and O–H groups in total. The first-order chi connectivity index (χ1) is 12.5. The number of halogens is 1. The molecule has 0 aromatic heterocycles. The molecule has 1 saturated heterocycles. The molecule has 3 rings (SSSR count). The number of piperazine rings is 1. The van der Waals surface area contributed by atoms with Gasteiger partial charge in [0.2, 0.25) is 0 Å². The third kappa shape index (κ3) is 4.52. The number of anilines is 1. The lowest BCUT2D eigenvalue weighted by Gasteiger charge is -2.36. The van der Waals surface area contributed by atoms with Crippen molar-refractivity contribution in [3.8, 4) is 5.75 Å². The smallest absolute Gasteiger partial charge is 0.278 e. The summed E-state index contributed by atoms with van der Waals surface area (Å²) >= 11 is 0. The van der Waals surface area contributed by atoms with Crippen LogP contribution in [0.15, 0.2) is 48.5 Å². The van der Waals surface area contributed by atoms with Crippen molar-refractivity contribution in [2.45, 2.75) is 19.5 Å². The van der Waals surface area contributed by atoms with E-state index < -0.39 is 0 Å². The summed E-state index contributed by atoms with van der Waals surface area (Å²) in [5.41, 5.74) is 1.98. The molecule has 0 radical (unpaired) electrons. The Kier molecular flexibility index (Phi) is 5.73. The standard InChI is InChI=1S/C20H24FN3O2/c1-15(20(26)22-14-16-2-4-17(21)5-3-16)23-10-12-24(13-11-23)18-6-8-19(25)9-7-18/h2-9,15,25H,10-14H2,1H3,(H,22,26)/p+1/t15-/m1/s1. The highest BCUT2D eigenvalue weighted by Gasteiger charge is 2.29. The first-order valence-electron chi connectivity index (χ1n) is 8.93. The van der Waals surface area contributed by atoms with Crippen molar-refractivity contribution < 1.29 is 19.2 Å². The molecule has 26 heavy (non-hydrogen) atoms. The summed E-state index contributed by atoms with van der Waals surface area (Å²) in [5, 5.41) is 12.3. The van der Waals surface area contributed by atoms with Gasteiger partial charge in [0.15, 0.2) is 6.04 Å². The molecule has 0 aliphatic carbocycles. The maximum absolute atomic E-state index is 12.9. The molecule has 0 unspecified atom stereocenters. The van der Waals surface area contributed by atoms with Gasteiger partial charge in [-0.15, -0.1) is 0 Å². The van der Waals surface area contributed by atoms with E-state index in [-0.39, 0.29) is 23.5 Å². The van der Waals surface area contributed by atoms with Crippen LogP contribution < -0.4 is 15.1 Å². The number of rotatable bonds is 5. The summed E-state index contributed by atoms with van der Waals surface area (Å²) in [6.45, 7) is 5.87. The number of amides is 1.